The number of hydrogen-bond acceptors (Lipinski definition) is 6. The van der Waals surface area contributed by atoms with Crippen LogP contribution in [0.25, 0.3) is 17.3 Å². The van der Waals surface area contributed by atoms with Crippen LogP contribution in [0.15, 0.2) is 36.7 Å². The van der Waals surface area contributed by atoms with E-state index in [4.69, 9.17) is 10.5 Å². The maximum atomic E-state index is 13.5. The molecule has 0 atom stereocenters. The summed E-state index contributed by atoms with van der Waals surface area (Å²) in [4.78, 5) is 12.3. The summed E-state index contributed by atoms with van der Waals surface area (Å²) in [5.74, 6) is 0.480. The molecule has 2 N–H and O–H groups in total. The van der Waals surface area contributed by atoms with Crippen molar-refractivity contribution in [2.24, 2.45) is 0 Å². The van der Waals surface area contributed by atoms with Gasteiger partial charge in [-0.15, -0.1) is 0 Å². The van der Waals surface area contributed by atoms with Crippen LogP contribution in [-0.4, -0.2) is 31.8 Å². The minimum Gasteiger partial charge on any atom is -0.496 e. The molecule has 1 aromatic carbocycles. The third-order valence-electron chi connectivity index (χ3n) is 2.75. The van der Waals surface area contributed by atoms with Crippen LogP contribution in [0.4, 0.5) is 10.3 Å². The number of nitrogens with zero attached hydrogens (tertiary/aromatic N) is 5. The summed E-state index contributed by atoms with van der Waals surface area (Å²) in [6.45, 7) is 0. The highest BCUT2D eigenvalue weighted by Gasteiger charge is 2.14. The molecule has 8 heteroatoms. The monoisotopic (exact) mass is 286 g/mol. The number of nitrogen functional groups attached to an aromatic ring is 1. The van der Waals surface area contributed by atoms with Gasteiger partial charge in [0.25, 0.3) is 5.95 Å². The Hall–Kier alpha value is -3.03. The van der Waals surface area contributed by atoms with Crippen LogP contribution < -0.4 is 10.5 Å². The lowest BCUT2D eigenvalue weighted by Crippen LogP contribution is -2.08. The lowest BCUT2D eigenvalue weighted by Gasteiger charge is -2.09. The standard InChI is InChI=1S/C13H11FN6O/c1-21-10-4-3-8(14)7-9(10)11-17-12(15)19-13(18-11)20-6-2-5-16-20/h2-7H,1H3,(H2,15,17,18,19). The minimum absolute atomic E-state index is 0.0109. The third-order valence-corrected chi connectivity index (χ3v) is 2.75. The molecule has 0 bridgehead atoms. The first kappa shape index (κ1) is 13.0. The molecule has 2 aromatic heterocycles. The van der Waals surface area contributed by atoms with Gasteiger partial charge in [0.05, 0.1) is 12.7 Å². The van der Waals surface area contributed by atoms with Gasteiger partial charge in [0.15, 0.2) is 5.82 Å². The second-order valence-electron chi connectivity index (χ2n) is 4.11. The first-order valence-corrected chi connectivity index (χ1v) is 6.03. The minimum atomic E-state index is -0.426. The molecule has 0 aliphatic rings. The molecule has 0 amide bonds. The molecule has 0 radical (unpaired) electrons. The molecule has 3 rings (SSSR count). The van der Waals surface area contributed by atoms with Gasteiger partial charge < -0.3 is 10.5 Å². The molecule has 0 aliphatic heterocycles. The maximum absolute atomic E-state index is 13.5. The van der Waals surface area contributed by atoms with E-state index in [-0.39, 0.29) is 17.7 Å². The molecular formula is C13H11FN6O. The van der Waals surface area contributed by atoms with E-state index in [1.54, 1.807) is 18.5 Å². The Morgan fingerprint density at radius 1 is 1.24 bits per heavy atom. The van der Waals surface area contributed by atoms with Gasteiger partial charge >= 0.3 is 0 Å². The van der Waals surface area contributed by atoms with Crippen molar-refractivity contribution in [2.75, 3.05) is 12.8 Å². The van der Waals surface area contributed by atoms with E-state index in [2.05, 4.69) is 20.1 Å². The Kier molecular flexibility index (Phi) is 3.19. The molecule has 0 unspecified atom stereocenters. The highest BCUT2D eigenvalue weighted by atomic mass is 19.1. The van der Waals surface area contributed by atoms with Crippen molar-refractivity contribution in [1.82, 2.24) is 24.7 Å². The van der Waals surface area contributed by atoms with Crippen molar-refractivity contribution in [3.05, 3.63) is 42.5 Å². The maximum Gasteiger partial charge on any atom is 0.255 e. The Bertz CT molecular complexity index is 774. The summed E-state index contributed by atoms with van der Waals surface area (Å²) >= 11 is 0. The number of ether oxygens (including phenoxy) is 1. The summed E-state index contributed by atoms with van der Waals surface area (Å²) in [5, 5.41) is 4.03. The van der Waals surface area contributed by atoms with E-state index in [0.29, 0.717) is 11.3 Å². The fraction of sp³-hybridized carbons (Fsp3) is 0.0769. The number of hydrogen-bond donors (Lipinski definition) is 1. The summed E-state index contributed by atoms with van der Waals surface area (Å²) in [7, 11) is 1.48. The molecule has 0 fully saturated rings. The molecule has 3 aromatic rings. The second-order valence-corrected chi connectivity index (χ2v) is 4.11. The van der Waals surface area contributed by atoms with Gasteiger partial charge in [0, 0.05) is 12.4 Å². The van der Waals surface area contributed by atoms with Gasteiger partial charge in [-0.05, 0) is 24.3 Å². The van der Waals surface area contributed by atoms with Crippen LogP contribution in [0.1, 0.15) is 0 Å². The van der Waals surface area contributed by atoms with E-state index in [1.807, 2.05) is 0 Å². The highest BCUT2D eigenvalue weighted by molar-refractivity contribution is 5.65. The van der Waals surface area contributed by atoms with Crippen LogP contribution in [0.5, 0.6) is 5.75 Å². The van der Waals surface area contributed by atoms with E-state index < -0.39 is 5.82 Å². The van der Waals surface area contributed by atoms with Gasteiger partial charge in [-0.3, -0.25) is 0 Å². The Morgan fingerprint density at radius 2 is 2.10 bits per heavy atom. The van der Waals surface area contributed by atoms with E-state index in [9.17, 15) is 4.39 Å². The van der Waals surface area contributed by atoms with Gasteiger partial charge in [0.2, 0.25) is 5.95 Å². The largest absolute Gasteiger partial charge is 0.496 e. The number of anilines is 1. The highest BCUT2D eigenvalue weighted by Crippen LogP contribution is 2.28. The van der Waals surface area contributed by atoms with Crippen molar-refractivity contribution in [3.63, 3.8) is 0 Å². The van der Waals surface area contributed by atoms with Crippen LogP contribution in [0, 0.1) is 5.82 Å². The van der Waals surface area contributed by atoms with E-state index >= 15 is 0 Å². The predicted molar refractivity (Wildman–Crippen MR) is 73.3 cm³/mol. The molecule has 7 nitrogen and oxygen atoms in total. The predicted octanol–water partition coefficient (Wildman–Crippen LogP) is 1.45. The van der Waals surface area contributed by atoms with Gasteiger partial charge in [0.1, 0.15) is 11.6 Å². The quantitative estimate of drug-likeness (QED) is 0.783. The average molecular weight is 286 g/mol. The Morgan fingerprint density at radius 3 is 2.81 bits per heavy atom. The molecule has 0 spiro atoms. The zero-order chi connectivity index (χ0) is 14.8. The molecule has 0 saturated carbocycles. The molecule has 2 heterocycles. The van der Waals surface area contributed by atoms with E-state index in [1.165, 1.54) is 30.0 Å². The topological polar surface area (TPSA) is 91.7 Å². The van der Waals surface area contributed by atoms with Crippen LogP contribution >= 0.6 is 0 Å². The fourth-order valence-corrected chi connectivity index (χ4v) is 1.85. The smallest absolute Gasteiger partial charge is 0.255 e. The van der Waals surface area contributed by atoms with Crippen molar-refractivity contribution < 1.29 is 9.13 Å². The molecule has 21 heavy (non-hydrogen) atoms. The van der Waals surface area contributed by atoms with Crippen LogP contribution in [0.3, 0.4) is 0 Å². The van der Waals surface area contributed by atoms with Crippen molar-refractivity contribution in [2.45, 2.75) is 0 Å². The number of rotatable bonds is 3. The third kappa shape index (κ3) is 2.50. The zero-order valence-corrected chi connectivity index (χ0v) is 11.1. The SMILES string of the molecule is COc1ccc(F)cc1-c1nc(N)nc(-n2cccn2)n1. The average Bonchev–Trinajstić information content (AvgIpc) is 3.01. The number of benzene rings is 1. The van der Waals surface area contributed by atoms with Crippen molar-refractivity contribution >= 4 is 5.95 Å². The first-order chi connectivity index (χ1) is 10.2. The zero-order valence-electron chi connectivity index (χ0n) is 11.1. The summed E-state index contributed by atoms with van der Waals surface area (Å²) in [5.41, 5.74) is 6.08. The number of nitrogens with two attached hydrogens (primary N) is 1. The second kappa shape index (κ2) is 5.16. The fourth-order valence-electron chi connectivity index (χ4n) is 1.85. The molecular weight excluding hydrogens is 275 g/mol. The number of halogens is 1. The molecule has 106 valence electrons. The van der Waals surface area contributed by atoms with E-state index in [0.717, 1.165) is 0 Å². The molecule has 0 aliphatic carbocycles. The van der Waals surface area contributed by atoms with Crippen molar-refractivity contribution in [1.29, 1.82) is 0 Å². The number of aromatic nitrogens is 5. The Balaban J connectivity index is 2.17. The lowest BCUT2D eigenvalue weighted by molar-refractivity contribution is 0.415. The summed E-state index contributed by atoms with van der Waals surface area (Å²) < 4.78 is 20.1. The lowest BCUT2D eigenvalue weighted by atomic mass is 10.2. The van der Waals surface area contributed by atoms with Gasteiger partial charge in [-0.2, -0.15) is 20.1 Å². The summed E-state index contributed by atoms with van der Waals surface area (Å²) in [6.07, 6.45) is 3.25. The van der Waals surface area contributed by atoms with Gasteiger partial charge in [-0.1, -0.05) is 0 Å². The van der Waals surface area contributed by atoms with Crippen molar-refractivity contribution in [3.8, 4) is 23.1 Å². The van der Waals surface area contributed by atoms with Gasteiger partial charge in [-0.25, -0.2) is 9.07 Å². The van der Waals surface area contributed by atoms with Crippen LogP contribution in [0.2, 0.25) is 0 Å². The summed E-state index contributed by atoms with van der Waals surface area (Å²) in [6, 6.07) is 5.79. The number of methoxy groups -OCH3 is 1. The Labute approximate surface area is 119 Å². The first-order valence-electron chi connectivity index (χ1n) is 6.03. The molecule has 0 saturated heterocycles. The van der Waals surface area contributed by atoms with Crippen LogP contribution in [-0.2, 0) is 0 Å². The normalized spacial score (nSPS) is 10.6.